The zero-order valence-corrected chi connectivity index (χ0v) is 14.8. The number of carbonyl (C=O) groups excluding carboxylic acids is 2. The van der Waals surface area contributed by atoms with Crippen LogP contribution < -0.4 is 10.1 Å². The van der Waals surface area contributed by atoms with E-state index in [1.165, 1.54) is 5.56 Å². The van der Waals surface area contributed by atoms with Gasteiger partial charge in [0.05, 0.1) is 5.56 Å². The number of ether oxygens (including phenoxy) is 1. The molecule has 1 aliphatic rings. The van der Waals surface area contributed by atoms with Gasteiger partial charge in [-0.1, -0.05) is 42.5 Å². The van der Waals surface area contributed by atoms with Gasteiger partial charge in [0.25, 0.3) is 5.91 Å². The number of aldehydes is 1. The zero-order valence-electron chi connectivity index (χ0n) is 14.8. The van der Waals surface area contributed by atoms with Crippen molar-refractivity contribution in [1.82, 2.24) is 10.2 Å². The van der Waals surface area contributed by atoms with Gasteiger partial charge in [0.15, 0.2) is 12.9 Å². The Hall–Kier alpha value is -2.66. The maximum Gasteiger partial charge on any atom is 0.258 e. The van der Waals surface area contributed by atoms with Crippen molar-refractivity contribution >= 4 is 12.2 Å². The number of hydrogen-bond acceptors (Lipinski definition) is 4. The first-order valence-corrected chi connectivity index (χ1v) is 8.97. The lowest BCUT2D eigenvalue weighted by atomic mass is 10.0. The third kappa shape index (κ3) is 5.17. The Bertz CT molecular complexity index is 725. The topological polar surface area (TPSA) is 58.6 Å². The number of carbonyl (C=O) groups is 2. The number of benzene rings is 2. The molecule has 0 aliphatic carbocycles. The largest absolute Gasteiger partial charge is 0.483 e. The molecule has 1 aliphatic heterocycles. The van der Waals surface area contributed by atoms with Crippen LogP contribution in [0.2, 0.25) is 0 Å². The van der Waals surface area contributed by atoms with Crippen molar-refractivity contribution in [2.24, 2.45) is 0 Å². The second-order valence-corrected chi connectivity index (χ2v) is 6.55. The van der Waals surface area contributed by atoms with Crippen LogP contribution in [0, 0.1) is 0 Å². The molecule has 0 unspecified atom stereocenters. The van der Waals surface area contributed by atoms with E-state index in [4.69, 9.17) is 4.74 Å². The summed E-state index contributed by atoms with van der Waals surface area (Å²) >= 11 is 0. The first-order valence-electron chi connectivity index (χ1n) is 8.97. The maximum absolute atomic E-state index is 12.1. The average molecular weight is 352 g/mol. The van der Waals surface area contributed by atoms with E-state index in [0.29, 0.717) is 11.3 Å². The highest BCUT2D eigenvalue weighted by Crippen LogP contribution is 2.16. The number of amides is 1. The van der Waals surface area contributed by atoms with E-state index in [1.54, 1.807) is 24.3 Å². The van der Waals surface area contributed by atoms with Crippen LogP contribution in [0.3, 0.4) is 0 Å². The van der Waals surface area contributed by atoms with Crippen LogP contribution in [0.15, 0.2) is 54.6 Å². The molecule has 1 heterocycles. The molecule has 2 aromatic rings. The molecule has 0 bridgehead atoms. The highest BCUT2D eigenvalue weighted by molar-refractivity contribution is 5.80. The summed E-state index contributed by atoms with van der Waals surface area (Å²) in [6.07, 6.45) is 2.60. The Labute approximate surface area is 154 Å². The van der Waals surface area contributed by atoms with Crippen LogP contribution in [-0.4, -0.2) is 42.8 Å². The fourth-order valence-electron chi connectivity index (χ4n) is 3.20. The Morgan fingerprint density at radius 2 is 1.77 bits per heavy atom. The van der Waals surface area contributed by atoms with Crippen LogP contribution in [-0.2, 0) is 11.3 Å². The molecule has 1 amide bonds. The Kier molecular flexibility index (Phi) is 6.39. The van der Waals surface area contributed by atoms with E-state index in [9.17, 15) is 9.59 Å². The first-order chi connectivity index (χ1) is 12.7. The van der Waals surface area contributed by atoms with E-state index < -0.39 is 0 Å². The van der Waals surface area contributed by atoms with Crippen molar-refractivity contribution in [2.45, 2.75) is 25.4 Å². The number of nitrogens with one attached hydrogen (secondary N) is 1. The molecule has 2 aromatic carbocycles. The van der Waals surface area contributed by atoms with E-state index in [-0.39, 0.29) is 18.6 Å². The maximum atomic E-state index is 12.1. The highest BCUT2D eigenvalue weighted by Gasteiger charge is 2.21. The number of likely N-dealkylation sites (tertiary alicyclic amines) is 1. The van der Waals surface area contributed by atoms with E-state index >= 15 is 0 Å². The van der Waals surface area contributed by atoms with Crippen molar-refractivity contribution in [3.63, 3.8) is 0 Å². The molecule has 3 rings (SSSR count). The van der Waals surface area contributed by atoms with Gasteiger partial charge in [-0.2, -0.15) is 0 Å². The minimum Gasteiger partial charge on any atom is -0.483 e. The summed E-state index contributed by atoms with van der Waals surface area (Å²) in [7, 11) is 0. The van der Waals surface area contributed by atoms with Crippen LogP contribution in [0.5, 0.6) is 5.75 Å². The van der Waals surface area contributed by atoms with Crippen LogP contribution in [0.4, 0.5) is 0 Å². The predicted octanol–water partition coefficient (Wildman–Crippen LogP) is 2.66. The van der Waals surface area contributed by atoms with Gasteiger partial charge in [0.2, 0.25) is 0 Å². The lowest BCUT2D eigenvalue weighted by Gasteiger charge is -2.32. The van der Waals surface area contributed by atoms with Crippen LogP contribution in [0.25, 0.3) is 0 Å². The fourth-order valence-corrected chi connectivity index (χ4v) is 3.20. The second kappa shape index (κ2) is 9.15. The fraction of sp³-hybridized carbons (Fsp3) is 0.333. The number of hydrogen-bond donors (Lipinski definition) is 1. The van der Waals surface area contributed by atoms with E-state index in [2.05, 4.69) is 34.5 Å². The Morgan fingerprint density at radius 3 is 2.50 bits per heavy atom. The number of rotatable bonds is 7. The van der Waals surface area contributed by atoms with Crippen molar-refractivity contribution < 1.29 is 14.3 Å². The van der Waals surface area contributed by atoms with Crippen molar-refractivity contribution in [1.29, 1.82) is 0 Å². The van der Waals surface area contributed by atoms with Gasteiger partial charge >= 0.3 is 0 Å². The Morgan fingerprint density at radius 1 is 1.08 bits per heavy atom. The monoisotopic (exact) mass is 352 g/mol. The van der Waals surface area contributed by atoms with Gasteiger partial charge in [-0.15, -0.1) is 0 Å². The lowest BCUT2D eigenvalue weighted by Crippen LogP contribution is -2.45. The zero-order chi connectivity index (χ0) is 18.2. The molecule has 0 radical (unpaired) electrons. The molecule has 5 nitrogen and oxygen atoms in total. The van der Waals surface area contributed by atoms with E-state index in [1.807, 2.05) is 6.07 Å². The SMILES string of the molecule is O=Cc1ccccc1OCC(=O)NC1CCN(Cc2ccccc2)CC1. The quantitative estimate of drug-likeness (QED) is 0.779. The predicted molar refractivity (Wildman–Crippen MR) is 100 cm³/mol. The van der Waals surface area contributed by atoms with Gasteiger partial charge in [0.1, 0.15) is 5.75 Å². The normalized spacial score (nSPS) is 15.4. The minimum absolute atomic E-state index is 0.0743. The smallest absolute Gasteiger partial charge is 0.258 e. The van der Waals surface area contributed by atoms with Crippen molar-refractivity contribution in [3.05, 3.63) is 65.7 Å². The van der Waals surface area contributed by atoms with Crippen LogP contribution in [0.1, 0.15) is 28.8 Å². The van der Waals surface area contributed by atoms with Gasteiger partial charge in [-0.3, -0.25) is 14.5 Å². The highest BCUT2D eigenvalue weighted by atomic mass is 16.5. The molecular formula is C21H24N2O3. The molecule has 26 heavy (non-hydrogen) atoms. The summed E-state index contributed by atoms with van der Waals surface area (Å²) in [6, 6.07) is 17.5. The summed E-state index contributed by atoms with van der Waals surface area (Å²) in [6.45, 7) is 2.81. The van der Waals surface area contributed by atoms with Gasteiger partial charge in [-0.05, 0) is 30.5 Å². The summed E-state index contributed by atoms with van der Waals surface area (Å²) in [5, 5.41) is 3.03. The number of para-hydroxylation sites is 1. The lowest BCUT2D eigenvalue weighted by molar-refractivity contribution is -0.124. The van der Waals surface area contributed by atoms with Gasteiger partial charge in [0, 0.05) is 25.7 Å². The van der Waals surface area contributed by atoms with Crippen LogP contribution >= 0.6 is 0 Å². The molecule has 0 spiro atoms. The van der Waals surface area contributed by atoms with Crippen molar-refractivity contribution in [2.75, 3.05) is 19.7 Å². The average Bonchev–Trinajstić information content (AvgIpc) is 2.69. The molecule has 136 valence electrons. The molecule has 1 N–H and O–H groups in total. The minimum atomic E-state index is -0.146. The molecule has 1 fully saturated rings. The Balaban J connectivity index is 1.40. The first kappa shape index (κ1) is 18.1. The molecular weight excluding hydrogens is 328 g/mol. The third-order valence-electron chi connectivity index (χ3n) is 4.61. The standard InChI is InChI=1S/C21H24N2O3/c24-15-18-8-4-5-9-20(18)26-16-21(25)22-19-10-12-23(13-11-19)14-17-6-2-1-3-7-17/h1-9,15,19H,10-14,16H2,(H,22,25). The third-order valence-corrected chi connectivity index (χ3v) is 4.61. The number of nitrogens with zero attached hydrogens (tertiary/aromatic N) is 1. The summed E-state index contributed by atoms with van der Waals surface area (Å²) in [5.74, 6) is 0.294. The second-order valence-electron chi connectivity index (χ2n) is 6.55. The van der Waals surface area contributed by atoms with Crippen molar-refractivity contribution in [3.8, 4) is 5.75 Å². The number of piperidine rings is 1. The molecule has 0 atom stereocenters. The molecule has 5 heteroatoms. The summed E-state index contributed by atoms with van der Waals surface area (Å²) in [4.78, 5) is 25.5. The van der Waals surface area contributed by atoms with Gasteiger partial charge in [-0.25, -0.2) is 0 Å². The summed E-state index contributed by atoms with van der Waals surface area (Å²) < 4.78 is 5.48. The molecule has 1 saturated heterocycles. The molecule has 0 aromatic heterocycles. The van der Waals surface area contributed by atoms with Gasteiger partial charge < -0.3 is 10.1 Å². The molecule has 0 saturated carbocycles. The summed E-state index contributed by atoms with van der Waals surface area (Å²) in [5.41, 5.74) is 1.77. The van der Waals surface area contributed by atoms with E-state index in [0.717, 1.165) is 38.8 Å².